The summed E-state index contributed by atoms with van der Waals surface area (Å²) >= 11 is 2.38. The second kappa shape index (κ2) is 4.13. The number of halogens is 1. The number of alkyl halides is 1. The van der Waals surface area contributed by atoms with Crippen molar-refractivity contribution in [1.82, 2.24) is 0 Å². The van der Waals surface area contributed by atoms with E-state index in [1.165, 1.54) is 21.9 Å². The first kappa shape index (κ1) is 9.71. The molecule has 0 aliphatic heterocycles. The standard InChI is InChI=1S/C13H11I/c1-2-10-3-5-12-6-4-11(9-14)8-13(12)7-10/h2-8H,1,9H2. The number of hydrogen-bond donors (Lipinski definition) is 0. The molecule has 0 saturated carbocycles. The summed E-state index contributed by atoms with van der Waals surface area (Å²) < 4.78 is 1.06. The Kier molecular flexibility index (Phi) is 2.87. The Morgan fingerprint density at radius 2 is 1.86 bits per heavy atom. The zero-order valence-electron chi connectivity index (χ0n) is 7.83. The smallest absolute Gasteiger partial charge is 0.0247 e. The third-order valence-electron chi connectivity index (χ3n) is 2.32. The van der Waals surface area contributed by atoms with E-state index in [1.54, 1.807) is 0 Å². The summed E-state index contributed by atoms with van der Waals surface area (Å²) in [4.78, 5) is 0. The van der Waals surface area contributed by atoms with Crippen LogP contribution in [0.15, 0.2) is 43.0 Å². The van der Waals surface area contributed by atoms with Crippen LogP contribution in [0.3, 0.4) is 0 Å². The van der Waals surface area contributed by atoms with Crippen LogP contribution in [-0.4, -0.2) is 0 Å². The van der Waals surface area contributed by atoms with Crippen molar-refractivity contribution >= 4 is 39.4 Å². The quantitative estimate of drug-likeness (QED) is 0.568. The largest absolute Gasteiger partial charge is 0.0985 e. The van der Waals surface area contributed by atoms with Gasteiger partial charge in [0.1, 0.15) is 0 Å². The van der Waals surface area contributed by atoms with Crippen LogP contribution in [0.25, 0.3) is 16.8 Å². The zero-order valence-corrected chi connectivity index (χ0v) is 9.99. The first-order valence-electron chi connectivity index (χ1n) is 4.54. The van der Waals surface area contributed by atoms with Gasteiger partial charge in [-0.1, -0.05) is 65.6 Å². The summed E-state index contributed by atoms with van der Waals surface area (Å²) in [6.45, 7) is 3.78. The second-order valence-corrected chi connectivity index (χ2v) is 4.04. The Hall–Kier alpha value is -0.830. The van der Waals surface area contributed by atoms with E-state index in [4.69, 9.17) is 0 Å². The van der Waals surface area contributed by atoms with E-state index in [0.717, 1.165) is 4.43 Å². The fourth-order valence-corrected chi connectivity index (χ4v) is 2.00. The Bertz CT molecular complexity index is 472. The van der Waals surface area contributed by atoms with Gasteiger partial charge < -0.3 is 0 Å². The van der Waals surface area contributed by atoms with Gasteiger partial charge >= 0.3 is 0 Å². The number of benzene rings is 2. The molecule has 0 radical (unpaired) electrons. The van der Waals surface area contributed by atoms with E-state index < -0.39 is 0 Å². The van der Waals surface area contributed by atoms with Gasteiger partial charge in [0, 0.05) is 4.43 Å². The van der Waals surface area contributed by atoms with Crippen molar-refractivity contribution in [3.05, 3.63) is 54.1 Å². The predicted octanol–water partition coefficient (Wildman–Crippen LogP) is 4.42. The minimum Gasteiger partial charge on any atom is -0.0985 e. The minimum atomic E-state index is 1.06. The SMILES string of the molecule is C=Cc1ccc2ccc(CI)cc2c1. The predicted molar refractivity (Wildman–Crippen MR) is 71.8 cm³/mol. The lowest BCUT2D eigenvalue weighted by molar-refractivity contribution is 1.48. The summed E-state index contributed by atoms with van der Waals surface area (Å²) in [5.41, 5.74) is 2.56. The fourth-order valence-electron chi connectivity index (χ4n) is 1.52. The minimum absolute atomic E-state index is 1.06. The molecule has 0 aliphatic carbocycles. The first-order chi connectivity index (χ1) is 6.83. The van der Waals surface area contributed by atoms with Gasteiger partial charge in [-0.15, -0.1) is 0 Å². The maximum atomic E-state index is 3.78. The van der Waals surface area contributed by atoms with Crippen LogP contribution in [0.1, 0.15) is 11.1 Å². The fraction of sp³-hybridized carbons (Fsp3) is 0.0769. The molecule has 14 heavy (non-hydrogen) atoms. The molecular weight excluding hydrogens is 283 g/mol. The lowest BCUT2D eigenvalue weighted by atomic mass is 10.0. The summed E-state index contributed by atoms with van der Waals surface area (Å²) in [6.07, 6.45) is 1.89. The van der Waals surface area contributed by atoms with Gasteiger partial charge in [-0.3, -0.25) is 0 Å². The molecule has 0 unspecified atom stereocenters. The van der Waals surface area contributed by atoms with Crippen molar-refractivity contribution in [2.45, 2.75) is 4.43 Å². The monoisotopic (exact) mass is 294 g/mol. The van der Waals surface area contributed by atoms with Gasteiger partial charge in [-0.25, -0.2) is 0 Å². The normalized spacial score (nSPS) is 10.4. The van der Waals surface area contributed by atoms with Crippen LogP contribution < -0.4 is 0 Å². The lowest BCUT2D eigenvalue weighted by Crippen LogP contribution is -1.79. The number of fused-ring (bicyclic) bond motifs is 1. The molecule has 0 saturated heterocycles. The molecule has 2 rings (SSSR count). The maximum Gasteiger partial charge on any atom is 0.0247 e. The van der Waals surface area contributed by atoms with Gasteiger partial charge in [-0.2, -0.15) is 0 Å². The molecule has 0 aliphatic rings. The van der Waals surface area contributed by atoms with Gasteiger partial charge in [0.15, 0.2) is 0 Å². The summed E-state index contributed by atoms with van der Waals surface area (Å²) in [7, 11) is 0. The van der Waals surface area contributed by atoms with E-state index in [2.05, 4.69) is 65.6 Å². The Labute approximate surface area is 97.8 Å². The Morgan fingerprint density at radius 1 is 1.07 bits per heavy atom. The van der Waals surface area contributed by atoms with Gasteiger partial charge in [-0.05, 0) is 28.0 Å². The van der Waals surface area contributed by atoms with E-state index in [1.807, 2.05) is 6.08 Å². The van der Waals surface area contributed by atoms with Crippen molar-refractivity contribution in [3.63, 3.8) is 0 Å². The molecule has 2 aromatic carbocycles. The lowest BCUT2D eigenvalue weighted by Gasteiger charge is -2.01. The van der Waals surface area contributed by atoms with Crippen LogP contribution in [0, 0.1) is 0 Å². The molecule has 0 atom stereocenters. The molecular formula is C13H11I. The van der Waals surface area contributed by atoms with Crippen LogP contribution >= 0.6 is 22.6 Å². The average molecular weight is 294 g/mol. The Balaban J connectivity index is 2.65. The van der Waals surface area contributed by atoms with E-state index in [-0.39, 0.29) is 0 Å². The molecule has 2 aromatic rings. The average Bonchev–Trinajstić information content (AvgIpc) is 2.27. The topological polar surface area (TPSA) is 0 Å². The van der Waals surface area contributed by atoms with Crippen molar-refractivity contribution in [1.29, 1.82) is 0 Å². The zero-order chi connectivity index (χ0) is 9.97. The van der Waals surface area contributed by atoms with E-state index in [0.29, 0.717) is 0 Å². The molecule has 70 valence electrons. The highest BCUT2D eigenvalue weighted by Gasteiger charge is 1.95. The maximum absolute atomic E-state index is 3.78. The van der Waals surface area contributed by atoms with Crippen LogP contribution in [0.5, 0.6) is 0 Å². The summed E-state index contributed by atoms with van der Waals surface area (Å²) in [5, 5.41) is 2.60. The molecule has 0 fully saturated rings. The highest BCUT2D eigenvalue weighted by molar-refractivity contribution is 14.1. The van der Waals surface area contributed by atoms with Crippen LogP contribution in [0.2, 0.25) is 0 Å². The Morgan fingerprint density at radius 3 is 2.57 bits per heavy atom. The van der Waals surface area contributed by atoms with E-state index in [9.17, 15) is 0 Å². The molecule has 1 heteroatoms. The van der Waals surface area contributed by atoms with Gasteiger partial charge in [0.25, 0.3) is 0 Å². The van der Waals surface area contributed by atoms with Gasteiger partial charge in [0.2, 0.25) is 0 Å². The van der Waals surface area contributed by atoms with Gasteiger partial charge in [0.05, 0.1) is 0 Å². The van der Waals surface area contributed by atoms with Crippen molar-refractivity contribution < 1.29 is 0 Å². The molecule has 0 N–H and O–H groups in total. The van der Waals surface area contributed by atoms with Crippen LogP contribution in [-0.2, 0) is 4.43 Å². The molecule has 0 amide bonds. The van der Waals surface area contributed by atoms with E-state index >= 15 is 0 Å². The first-order valence-corrected chi connectivity index (χ1v) is 6.07. The number of hydrogen-bond acceptors (Lipinski definition) is 0. The highest BCUT2D eigenvalue weighted by atomic mass is 127. The van der Waals surface area contributed by atoms with Crippen molar-refractivity contribution in [3.8, 4) is 0 Å². The van der Waals surface area contributed by atoms with Crippen molar-refractivity contribution in [2.75, 3.05) is 0 Å². The highest BCUT2D eigenvalue weighted by Crippen LogP contribution is 2.19. The molecule has 0 heterocycles. The third-order valence-corrected chi connectivity index (χ3v) is 3.20. The number of rotatable bonds is 2. The summed E-state index contributed by atoms with van der Waals surface area (Å²) in [6, 6.07) is 13.0. The molecule has 0 nitrogen and oxygen atoms in total. The molecule has 0 bridgehead atoms. The third kappa shape index (κ3) is 1.82. The molecule has 0 spiro atoms. The van der Waals surface area contributed by atoms with Crippen LogP contribution in [0.4, 0.5) is 0 Å². The van der Waals surface area contributed by atoms with Crippen molar-refractivity contribution in [2.24, 2.45) is 0 Å². The summed E-state index contributed by atoms with van der Waals surface area (Å²) in [5.74, 6) is 0. The molecule has 0 aromatic heterocycles. The second-order valence-electron chi connectivity index (χ2n) is 3.28.